The van der Waals surface area contributed by atoms with Crippen molar-refractivity contribution in [2.24, 2.45) is 0 Å². The predicted octanol–water partition coefficient (Wildman–Crippen LogP) is 2.12. The summed E-state index contributed by atoms with van der Waals surface area (Å²) in [5.74, 6) is -0.407. The first-order chi connectivity index (χ1) is 7.91. The maximum Gasteiger partial charge on any atom is 0.348 e. The Bertz CT molecular complexity index is 689. The van der Waals surface area contributed by atoms with Gasteiger partial charge in [-0.1, -0.05) is 0 Å². The second kappa shape index (κ2) is 4.08. The van der Waals surface area contributed by atoms with Gasteiger partial charge in [0.15, 0.2) is 0 Å². The summed E-state index contributed by atoms with van der Waals surface area (Å²) in [5, 5.41) is 1.01. The van der Waals surface area contributed by atoms with E-state index in [-0.39, 0.29) is 5.03 Å². The van der Waals surface area contributed by atoms with Crippen LogP contribution in [0.3, 0.4) is 0 Å². The highest BCUT2D eigenvalue weighted by atomic mass is 32.2. The summed E-state index contributed by atoms with van der Waals surface area (Å²) in [5.41, 5.74) is 0. The number of nitrogens with zero attached hydrogens (tertiary/aromatic N) is 1. The van der Waals surface area contributed by atoms with Crippen LogP contribution >= 0.6 is 11.3 Å². The van der Waals surface area contributed by atoms with Crippen LogP contribution in [-0.2, 0) is 14.5 Å². The minimum Gasteiger partial charge on any atom is -0.465 e. The third-order valence-electron chi connectivity index (χ3n) is 2.16. The minimum atomic E-state index is -2.83. The van der Waals surface area contributed by atoms with Crippen LogP contribution in [0, 0.1) is 4.78 Å². The molecule has 1 atom stereocenters. The second-order valence-electron chi connectivity index (χ2n) is 3.51. The van der Waals surface area contributed by atoms with Crippen LogP contribution in [0.25, 0.3) is 10.1 Å². The third kappa shape index (κ3) is 2.29. The summed E-state index contributed by atoms with van der Waals surface area (Å²) in [7, 11) is -1.51. The van der Waals surface area contributed by atoms with Crippen molar-refractivity contribution < 1.29 is 13.7 Å². The van der Waals surface area contributed by atoms with Crippen molar-refractivity contribution in [3.63, 3.8) is 0 Å². The van der Waals surface area contributed by atoms with Gasteiger partial charge in [0.1, 0.15) is 9.90 Å². The average molecular weight is 270 g/mol. The van der Waals surface area contributed by atoms with Crippen molar-refractivity contribution in [2.75, 3.05) is 13.4 Å². The Balaban J connectivity index is 2.60. The molecule has 0 amide bonds. The molecule has 0 aliphatic carbocycles. The minimum absolute atomic E-state index is 0.225. The molecule has 7 heteroatoms. The predicted molar refractivity (Wildman–Crippen MR) is 66.0 cm³/mol. The fourth-order valence-corrected chi connectivity index (χ4v) is 2.99. The van der Waals surface area contributed by atoms with E-state index >= 15 is 0 Å². The van der Waals surface area contributed by atoms with E-state index in [0.29, 0.717) is 4.88 Å². The largest absolute Gasteiger partial charge is 0.465 e. The monoisotopic (exact) mass is 270 g/mol. The molecule has 0 aliphatic heterocycles. The highest BCUT2D eigenvalue weighted by molar-refractivity contribution is 7.91. The molecule has 0 saturated carbocycles. The maximum absolute atomic E-state index is 11.5. The fourth-order valence-electron chi connectivity index (χ4n) is 1.33. The van der Waals surface area contributed by atoms with Crippen molar-refractivity contribution in [3.8, 4) is 0 Å². The lowest BCUT2D eigenvalue weighted by atomic mass is 10.3. The van der Waals surface area contributed by atoms with Crippen LogP contribution < -0.4 is 0 Å². The van der Waals surface area contributed by atoms with Crippen molar-refractivity contribution in [1.82, 2.24) is 4.98 Å². The Hall–Kier alpha value is -1.47. The molecule has 0 aliphatic rings. The summed E-state index contributed by atoms with van der Waals surface area (Å²) in [6, 6.07) is 3.26. The number of carbonyl (C=O) groups excluding carboxylic acids is 1. The lowest BCUT2D eigenvalue weighted by molar-refractivity contribution is 0.0606. The van der Waals surface area contributed by atoms with E-state index in [9.17, 15) is 9.00 Å². The van der Waals surface area contributed by atoms with Crippen LogP contribution in [0.5, 0.6) is 0 Å². The smallest absolute Gasteiger partial charge is 0.348 e. The lowest BCUT2D eigenvalue weighted by Gasteiger charge is -1.98. The molecule has 0 spiro atoms. The fraction of sp³-hybridized carbons (Fsp3) is 0.200. The maximum atomic E-state index is 11.5. The third-order valence-corrected chi connectivity index (χ3v) is 4.26. The van der Waals surface area contributed by atoms with Gasteiger partial charge in [0.2, 0.25) is 0 Å². The zero-order chi connectivity index (χ0) is 12.6. The van der Waals surface area contributed by atoms with E-state index in [1.807, 2.05) is 0 Å². The first-order valence-electron chi connectivity index (χ1n) is 4.63. The topological polar surface area (TPSA) is 80.1 Å². The number of pyridine rings is 1. The number of fused-ring (bicyclic) bond motifs is 1. The molecule has 0 bridgehead atoms. The molecule has 1 N–H and O–H groups in total. The van der Waals surface area contributed by atoms with Crippen LogP contribution in [0.1, 0.15) is 9.67 Å². The molecule has 90 valence electrons. The average Bonchev–Trinajstić information content (AvgIpc) is 2.69. The number of esters is 1. The van der Waals surface area contributed by atoms with Crippen molar-refractivity contribution in [3.05, 3.63) is 23.2 Å². The second-order valence-corrected chi connectivity index (χ2v) is 6.70. The van der Waals surface area contributed by atoms with Gasteiger partial charge in [-0.3, -0.25) is 0 Å². The van der Waals surface area contributed by atoms with Crippen LogP contribution in [-0.4, -0.2) is 28.5 Å². The quantitative estimate of drug-likeness (QED) is 0.848. The summed E-state index contributed by atoms with van der Waals surface area (Å²) in [6.45, 7) is 0. The number of ether oxygens (including phenoxy) is 1. The molecule has 0 aromatic carbocycles. The van der Waals surface area contributed by atoms with Gasteiger partial charge < -0.3 is 4.74 Å². The number of thiophene rings is 1. The normalized spacial score (nSPS) is 14.5. The van der Waals surface area contributed by atoms with E-state index in [4.69, 9.17) is 4.78 Å². The van der Waals surface area contributed by atoms with Crippen LogP contribution in [0.4, 0.5) is 0 Å². The molecular formula is C10H10N2O3S2. The van der Waals surface area contributed by atoms with Crippen molar-refractivity contribution >= 4 is 37.1 Å². The van der Waals surface area contributed by atoms with Gasteiger partial charge >= 0.3 is 5.97 Å². The SMILES string of the molecule is COC(=O)c1cc2cnc(S(C)(=N)=O)cc2s1. The van der Waals surface area contributed by atoms with E-state index in [1.54, 1.807) is 12.1 Å². The molecule has 0 radical (unpaired) electrons. The Morgan fingerprint density at radius 2 is 2.24 bits per heavy atom. The molecule has 1 unspecified atom stereocenters. The van der Waals surface area contributed by atoms with Gasteiger partial charge in [0, 0.05) is 22.5 Å². The van der Waals surface area contributed by atoms with Gasteiger partial charge in [-0.25, -0.2) is 18.8 Å². The van der Waals surface area contributed by atoms with Crippen LogP contribution in [0.2, 0.25) is 0 Å². The molecule has 2 heterocycles. The number of aromatic nitrogens is 1. The van der Waals surface area contributed by atoms with E-state index in [0.717, 1.165) is 10.1 Å². The zero-order valence-electron chi connectivity index (χ0n) is 9.22. The first kappa shape index (κ1) is 12.0. The standard InChI is InChI=1S/C10H10N2O3S2/c1-15-10(13)8-3-6-5-12-9(17(2,11)14)4-7(6)16-8/h3-5,11H,1-2H3. The molecular weight excluding hydrogens is 260 g/mol. The lowest BCUT2D eigenvalue weighted by Crippen LogP contribution is -1.97. The van der Waals surface area contributed by atoms with Gasteiger partial charge in [-0.2, -0.15) is 0 Å². The molecule has 2 aromatic rings. The summed E-state index contributed by atoms with van der Waals surface area (Å²) < 4.78 is 24.4. The Labute approximate surface area is 102 Å². The number of methoxy groups -OCH3 is 1. The van der Waals surface area contributed by atoms with E-state index < -0.39 is 15.7 Å². The number of hydrogen-bond donors (Lipinski definition) is 1. The van der Waals surface area contributed by atoms with E-state index in [2.05, 4.69) is 9.72 Å². The zero-order valence-corrected chi connectivity index (χ0v) is 10.9. The van der Waals surface area contributed by atoms with Crippen molar-refractivity contribution in [2.45, 2.75) is 5.03 Å². The Morgan fingerprint density at radius 1 is 1.53 bits per heavy atom. The van der Waals surface area contributed by atoms with Gasteiger partial charge in [0.05, 0.1) is 16.8 Å². The molecule has 0 saturated heterocycles. The molecule has 2 rings (SSSR count). The van der Waals surface area contributed by atoms with E-state index in [1.165, 1.54) is 30.9 Å². The number of carbonyl (C=O) groups is 1. The van der Waals surface area contributed by atoms with Gasteiger partial charge in [-0.15, -0.1) is 11.3 Å². The first-order valence-corrected chi connectivity index (χ1v) is 7.42. The van der Waals surface area contributed by atoms with Crippen molar-refractivity contribution in [1.29, 1.82) is 4.78 Å². The summed E-state index contributed by atoms with van der Waals surface area (Å²) in [6.07, 6.45) is 2.83. The van der Waals surface area contributed by atoms with Crippen LogP contribution in [0.15, 0.2) is 23.4 Å². The molecule has 2 aromatic heterocycles. The summed E-state index contributed by atoms with van der Waals surface area (Å²) >= 11 is 1.24. The summed E-state index contributed by atoms with van der Waals surface area (Å²) in [4.78, 5) is 15.8. The molecule has 17 heavy (non-hydrogen) atoms. The Kier molecular flexibility index (Phi) is 2.88. The van der Waals surface area contributed by atoms with Gasteiger partial charge in [0.25, 0.3) is 0 Å². The van der Waals surface area contributed by atoms with Gasteiger partial charge in [-0.05, 0) is 12.1 Å². The number of hydrogen-bond acceptors (Lipinski definition) is 6. The number of rotatable bonds is 2. The number of nitrogens with one attached hydrogen (secondary N) is 1. The molecule has 5 nitrogen and oxygen atoms in total. The highest BCUT2D eigenvalue weighted by Crippen LogP contribution is 2.27. The Morgan fingerprint density at radius 3 is 2.82 bits per heavy atom. The highest BCUT2D eigenvalue weighted by Gasteiger charge is 2.12. The molecule has 0 fully saturated rings.